The van der Waals surface area contributed by atoms with E-state index in [1.54, 1.807) is 7.05 Å². The minimum Gasteiger partial charge on any atom is -0.316 e. The number of nitrogens with one attached hydrogen (secondary N) is 1. The van der Waals surface area contributed by atoms with E-state index in [4.69, 9.17) is 0 Å². The van der Waals surface area contributed by atoms with Gasteiger partial charge >= 0.3 is 6.18 Å². The predicted molar refractivity (Wildman–Crippen MR) is 76.8 cm³/mol. The number of halogens is 3. The van der Waals surface area contributed by atoms with Gasteiger partial charge in [0.25, 0.3) is 0 Å². The van der Waals surface area contributed by atoms with Crippen LogP contribution in [0.1, 0.15) is 45.1 Å². The van der Waals surface area contributed by atoms with Crippen LogP contribution in [0.5, 0.6) is 0 Å². The molecule has 0 fully saturated rings. The number of alkyl halides is 3. The molecule has 0 radical (unpaired) electrons. The zero-order valence-electron chi connectivity index (χ0n) is 12.4. The number of rotatable bonds is 7. The average Bonchev–Trinajstić information content (AvgIpc) is 2.43. The van der Waals surface area contributed by atoms with E-state index in [-0.39, 0.29) is 17.9 Å². The summed E-state index contributed by atoms with van der Waals surface area (Å²) in [6.45, 7) is 4.10. The molecule has 20 heavy (non-hydrogen) atoms. The molecule has 114 valence electrons. The van der Waals surface area contributed by atoms with Crippen LogP contribution in [-0.4, -0.2) is 19.3 Å². The van der Waals surface area contributed by atoms with Crippen molar-refractivity contribution in [2.75, 3.05) is 7.05 Å². The van der Waals surface area contributed by atoms with Gasteiger partial charge in [0.1, 0.15) is 0 Å². The molecule has 1 aromatic carbocycles. The van der Waals surface area contributed by atoms with Gasteiger partial charge in [-0.15, -0.1) is 0 Å². The summed E-state index contributed by atoms with van der Waals surface area (Å²) in [7, 11) is 1.75. The van der Waals surface area contributed by atoms with Crippen molar-refractivity contribution in [1.29, 1.82) is 0 Å². The van der Waals surface area contributed by atoms with Crippen LogP contribution in [0.25, 0.3) is 0 Å². The van der Waals surface area contributed by atoms with Gasteiger partial charge in [-0.05, 0) is 31.9 Å². The molecule has 0 heterocycles. The highest BCUT2D eigenvalue weighted by Gasteiger charge is 2.38. The predicted octanol–water partition coefficient (Wildman–Crippen LogP) is 4.67. The second kappa shape index (κ2) is 7.11. The number of likely N-dealkylation sites (N-methyl/N-ethyl adjacent to an activating group) is 1. The van der Waals surface area contributed by atoms with Crippen molar-refractivity contribution in [3.05, 3.63) is 35.9 Å². The van der Waals surface area contributed by atoms with Gasteiger partial charge in [0.05, 0.1) is 0 Å². The maximum Gasteiger partial charge on any atom is 0.389 e. The Bertz CT molecular complexity index is 382. The van der Waals surface area contributed by atoms with Gasteiger partial charge < -0.3 is 5.32 Å². The van der Waals surface area contributed by atoms with Gasteiger partial charge in [0, 0.05) is 17.9 Å². The highest BCUT2D eigenvalue weighted by atomic mass is 19.4. The third kappa shape index (κ3) is 3.98. The summed E-state index contributed by atoms with van der Waals surface area (Å²) in [5.41, 5.74) is 0.868. The largest absolute Gasteiger partial charge is 0.389 e. The molecule has 0 aliphatic heterocycles. The van der Waals surface area contributed by atoms with Crippen LogP contribution in [0.3, 0.4) is 0 Å². The number of hydrogen-bond acceptors (Lipinski definition) is 1. The summed E-state index contributed by atoms with van der Waals surface area (Å²) < 4.78 is 37.6. The monoisotopic (exact) mass is 287 g/mol. The molecule has 1 unspecified atom stereocenters. The van der Waals surface area contributed by atoms with E-state index in [1.165, 1.54) is 0 Å². The molecule has 0 saturated carbocycles. The Kier molecular flexibility index (Phi) is 6.06. The van der Waals surface area contributed by atoms with Gasteiger partial charge in [-0.1, -0.05) is 44.2 Å². The standard InChI is InChI=1S/C16H24F3N/c1-4-15(5-2,13-9-7-6-8-10-13)14(20-3)11-12-16(17,18)19/h6-10,14,20H,4-5,11-12H2,1-3H3. The first kappa shape index (κ1) is 17.0. The molecule has 1 aromatic rings. The minimum atomic E-state index is -4.10. The fourth-order valence-electron chi connectivity index (χ4n) is 3.13. The molecule has 0 amide bonds. The summed E-state index contributed by atoms with van der Waals surface area (Å²) >= 11 is 0. The van der Waals surface area contributed by atoms with Crippen LogP contribution in [0.15, 0.2) is 30.3 Å². The van der Waals surface area contributed by atoms with Crippen LogP contribution in [0.2, 0.25) is 0 Å². The van der Waals surface area contributed by atoms with Crippen molar-refractivity contribution in [3.8, 4) is 0 Å². The van der Waals surface area contributed by atoms with E-state index >= 15 is 0 Å². The maximum atomic E-state index is 12.5. The molecule has 0 bridgehead atoms. The lowest BCUT2D eigenvalue weighted by Gasteiger charge is -2.40. The van der Waals surface area contributed by atoms with Crippen LogP contribution in [0, 0.1) is 0 Å². The first-order chi connectivity index (χ1) is 9.39. The van der Waals surface area contributed by atoms with E-state index in [0.717, 1.165) is 18.4 Å². The van der Waals surface area contributed by atoms with Crippen LogP contribution >= 0.6 is 0 Å². The Morgan fingerprint density at radius 1 is 1.05 bits per heavy atom. The minimum absolute atomic E-state index is 0.108. The summed E-state index contributed by atoms with van der Waals surface area (Å²) in [6.07, 6.45) is -3.10. The molecular formula is C16H24F3N. The van der Waals surface area contributed by atoms with Gasteiger partial charge in [-0.3, -0.25) is 0 Å². The van der Waals surface area contributed by atoms with E-state index in [1.807, 2.05) is 30.3 Å². The highest BCUT2D eigenvalue weighted by molar-refractivity contribution is 5.27. The summed E-state index contributed by atoms with van der Waals surface area (Å²) in [4.78, 5) is 0. The molecule has 0 saturated heterocycles. The fourth-order valence-corrected chi connectivity index (χ4v) is 3.13. The van der Waals surface area contributed by atoms with Crippen LogP contribution in [0.4, 0.5) is 13.2 Å². The summed E-state index contributed by atoms with van der Waals surface area (Å²) in [5, 5.41) is 3.12. The Balaban J connectivity index is 3.03. The van der Waals surface area contributed by atoms with Gasteiger partial charge in [-0.2, -0.15) is 13.2 Å². The normalized spacial score (nSPS) is 14.3. The Labute approximate surface area is 119 Å². The van der Waals surface area contributed by atoms with E-state index in [0.29, 0.717) is 0 Å². The summed E-state index contributed by atoms with van der Waals surface area (Å²) in [6, 6.07) is 9.69. The molecule has 0 aliphatic rings. The van der Waals surface area contributed by atoms with Crippen molar-refractivity contribution in [2.45, 2.75) is 57.2 Å². The molecular weight excluding hydrogens is 263 g/mol. The lowest BCUT2D eigenvalue weighted by molar-refractivity contribution is -0.137. The third-order valence-electron chi connectivity index (χ3n) is 4.34. The van der Waals surface area contributed by atoms with E-state index < -0.39 is 12.6 Å². The first-order valence-corrected chi connectivity index (χ1v) is 7.19. The van der Waals surface area contributed by atoms with Crippen molar-refractivity contribution in [2.24, 2.45) is 0 Å². The van der Waals surface area contributed by atoms with Crippen LogP contribution < -0.4 is 5.32 Å². The molecule has 1 N–H and O–H groups in total. The van der Waals surface area contributed by atoms with Crippen LogP contribution in [-0.2, 0) is 5.41 Å². The molecule has 1 atom stereocenters. The Morgan fingerprint density at radius 3 is 2.00 bits per heavy atom. The zero-order valence-corrected chi connectivity index (χ0v) is 12.4. The van der Waals surface area contributed by atoms with Crippen molar-refractivity contribution < 1.29 is 13.2 Å². The molecule has 1 nitrogen and oxygen atoms in total. The lowest BCUT2D eigenvalue weighted by Crippen LogP contribution is -2.47. The molecule has 0 aromatic heterocycles. The second-order valence-corrected chi connectivity index (χ2v) is 5.22. The maximum absolute atomic E-state index is 12.5. The van der Waals surface area contributed by atoms with Crippen molar-refractivity contribution >= 4 is 0 Å². The Morgan fingerprint density at radius 2 is 1.60 bits per heavy atom. The van der Waals surface area contributed by atoms with Gasteiger partial charge in [0.2, 0.25) is 0 Å². The van der Waals surface area contributed by atoms with Gasteiger partial charge in [0.15, 0.2) is 0 Å². The summed E-state index contributed by atoms with van der Waals surface area (Å²) in [5.74, 6) is 0. The molecule has 0 spiro atoms. The molecule has 4 heteroatoms. The number of hydrogen-bond donors (Lipinski definition) is 1. The van der Waals surface area contributed by atoms with Crippen molar-refractivity contribution in [1.82, 2.24) is 5.32 Å². The quantitative estimate of drug-likeness (QED) is 0.768. The molecule has 0 aliphatic carbocycles. The lowest BCUT2D eigenvalue weighted by atomic mass is 9.69. The highest BCUT2D eigenvalue weighted by Crippen LogP contribution is 2.38. The SMILES string of the molecule is CCC(CC)(c1ccccc1)C(CCC(F)(F)F)NC. The first-order valence-electron chi connectivity index (χ1n) is 7.19. The third-order valence-corrected chi connectivity index (χ3v) is 4.34. The van der Waals surface area contributed by atoms with Gasteiger partial charge in [-0.25, -0.2) is 0 Å². The second-order valence-electron chi connectivity index (χ2n) is 5.22. The average molecular weight is 287 g/mol. The van der Waals surface area contributed by atoms with Crippen molar-refractivity contribution in [3.63, 3.8) is 0 Å². The molecule has 1 rings (SSSR count). The van der Waals surface area contributed by atoms with E-state index in [2.05, 4.69) is 19.2 Å². The zero-order chi connectivity index (χ0) is 15.2. The Hall–Kier alpha value is -1.03. The number of benzene rings is 1. The van der Waals surface area contributed by atoms with E-state index in [9.17, 15) is 13.2 Å². The topological polar surface area (TPSA) is 12.0 Å². The fraction of sp³-hybridized carbons (Fsp3) is 0.625. The smallest absolute Gasteiger partial charge is 0.316 e.